The molecule has 0 unspecified atom stereocenters. The van der Waals surface area contributed by atoms with Crippen LogP contribution in [0.1, 0.15) is 33.8 Å². The van der Waals surface area contributed by atoms with Crippen LogP contribution in [0, 0.1) is 12.8 Å². The zero-order valence-electron chi connectivity index (χ0n) is 14.0. The lowest BCUT2D eigenvalue weighted by Crippen LogP contribution is -2.43. The van der Waals surface area contributed by atoms with E-state index in [1.165, 1.54) is 11.3 Å². The number of thiophene rings is 1. The second-order valence-electron chi connectivity index (χ2n) is 6.48. The number of amides is 1. The van der Waals surface area contributed by atoms with Crippen molar-refractivity contribution in [1.82, 2.24) is 14.3 Å². The molecule has 1 aliphatic heterocycles. The van der Waals surface area contributed by atoms with Crippen LogP contribution in [0.2, 0.25) is 0 Å². The largest absolute Gasteiger partial charge is 0.342 e. The number of thiazole rings is 1. The molecule has 25 heavy (non-hydrogen) atoms. The maximum absolute atomic E-state index is 12.7. The van der Waals surface area contributed by atoms with E-state index in [4.69, 9.17) is 0 Å². The molecule has 0 bridgehead atoms. The lowest BCUT2D eigenvalue weighted by Gasteiger charge is -2.32. The van der Waals surface area contributed by atoms with Crippen molar-refractivity contribution in [2.75, 3.05) is 13.1 Å². The fourth-order valence-corrected chi connectivity index (χ4v) is 5.02. The van der Waals surface area contributed by atoms with Crippen LogP contribution in [0.3, 0.4) is 0 Å². The molecule has 1 fully saturated rings. The predicted molar refractivity (Wildman–Crippen MR) is 99.5 cm³/mol. The molecule has 1 atom stereocenters. The van der Waals surface area contributed by atoms with Gasteiger partial charge in [0.15, 0.2) is 10.7 Å². The fourth-order valence-electron chi connectivity index (χ4n) is 3.36. The van der Waals surface area contributed by atoms with Gasteiger partial charge in [0.1, 0.15) is 0 Å². The number of Topliss-reactive ketones (excluding diaryl/α,β-unsaturated/α-hetero) is 1. The molecule has 130 valence electrons. The van der Waals surface area contributed by atoms with Gasteiger partial charge in [0.2, 0.25) is 5.91 Å². The Balaban J connectivity index is 1.43. The van der Waals surface area contributed by atoms with Gasteiger partial charge < -0.3 is 4.90 Å². The van der Waals surface area contributed by atoms with E-state index in [1.807, 2.05) is 45.4 Å². The van der Waals surface area contributed by atoms with Crippen molar-refractivity contribution in [3.05, 3.63) is 45.4 Å². The van der Waals surface area contributed by atoms with Crippen LogP contribution >= 0.6 is 22.7 Å². The molecule has 1 saturated heterocycles. The van der Waals surface area contributed by atoms with Gasteiger partial charge in [-0.15, -0.1) is 22.7 Å². The Hall–Kier alpha value is -1.99. The smallest absolute Gasteiger partial charge is 0.228 e. The van der Waals surface area contributed by atoms with Crippen molar-refractivity contribution in [3.8, 4) is 0 Å². The van der Waals surface area contributed by atoms with E-state index in [0.29, 0.717) is 13.0 Å². The average Bonchev–Trinajstić information content (AvgIpc) is 3.30. The van der Waals surface area contributed by atoms with Gasteiger partial charge in [-0.05, 0) is 36.8 Å². The molecular formula is C18H19N3O2S2. The predicted octanol–water partition coefficient (Wildman–Crippen LogP) is 3.43. The summed E-state index contributed by atoms with van der Waals surface area (Å²) in [4.78, 5) is 33.5. The first kappa shape index (κ1) is 16.5. The summed E-state index contributed by atoms with van der Waals surface area (Å²) < 4.78 is 1.94. The number of aryl methyl sites for hydroxylation is 1. The Morgan fingerprint density at radius 3 is 2.96 bits per heavy atom. The van der Waals surface area contributed by atoms with Gasteiger partial charge in [0, 0.05) is 36.8 Å². The van der Waals surface area contributed by atoms with Gasteiger partial charge in [-0.25, -0.2) is 4.98 Å². The summed E-state index contributed by atoms with van der Waals surface area (Å²) in [7, 11) is 0. The Bertz CT molecular complexity index is 895. The summed E-state index contributed by atoms with van der Waals surface area (Å²) in [6.07, 6.45) is 5.89. The maximum atomic E-state index is 12.7. The van der Waals surface area contributed by atoms with Crippen molar-refractivity contribution in [2.45, 2.75) is 26.2 Å². The van der Waals surface area contributed by atoms with E-state index in [-0.39, 0.29) is 17.6 Å². The maximum Gasteiger partial charge on any atom is 0.228 e. The standard InChI is InChI=1S/C18H19N3O2S2/c1-12-4-7-24-17(12)16(23)13-3-2-5-20(10-13)15(22)9-14-11-21-6-8-25-18(21)19-14/h4,6-8,11,13H,2-3,5,9-10H2,1H3/t13-/m1/s1. The molecule has 0 spiro atoms. The molecule has 4 rings (SSSR count). The molecule has 0 saturated carbocycles. The molecular weight excluding hydrogens is 354 g/mol. The Kier molecular flexibility index (Phi) is 4.43. The lowest BCUT2D eigenvalue weighted by molar-refractivity contribution is -0.131. The van der Waals surface area contributed by atoms with E-state index in [9.17, 15) is 9.59 Å². The Morgan fingerprint density at radius 1 is 1.32 bits per heavy atom. The SMILES string of the molecule is Cc1ccsc1C(=O)[C@@H]1CCCN(C(=O)Cc2cn3ccsc3n2)C1. The summed E-state index contributed by atoms with van der Waals surface area (Å²) in [6.45, 7) is 3.23. The summed E-state index contributed by atoms with van der Waals surface area (Å²) >= 11 is 3.06. The van der Waals surface area contributed by atoms with Crippen molar-refractivity contribution < 1.29 is 9.59 Å². The number of hydrogen-bond acceptors (Lipinski definition) is 5. The third kappa shape index (κ3) is 3.26. The first-order valence-corrected chi connectivity index (χ1v) is 10.1. The molecule has 1 amide bonds. The number of ketones is 1. The number of carbonyl (C=O) groups excluding carboxylic acids is 2. The molecule has 5 nitrogen and oxygen atoms in total. The average molecular weight is 374 g/mol. The number of nitrogens with zero attached hydrogens (tertiary/aromatic N) is 3. The summed E-state index contributed by atoms with van der Waals surface area (Å²) in [6, 6.07) is 1.98. The monoisotopic (exact) mass is 373 g/mol. The quantitative estimate of drug-likeness (QED) is 0.659. The Labute approximate surface area is 153 Å². The third-order valence-electron chi connectivity index (χ3n) is 4.71. The normalized spacial score (nSPS) is 18.0. The number of hydrogen-bond donors (Lipinski definition) is 0. The van der Waals surface area contributed by atoms with Gasteiger partial charge in [-0.2, -0.15) is 0 Å². The molecule has 0 radical (unpaired) electrons. The van der Waals surface area contributed by atoms with Crippen LogP contribution in [0.25, 0.3) is 4.96 Å². The number of fused-ring (bicyclic) bond motifs is 1. The van der Waals surface area contributed by atoms with Gasteiger partial charge in [-0.1, -0.05) is 0 Å². The van der Waals surface area contributed by atoms with Crippen LogP contribution in [-0.2, 0) is 11.2 Å². The first-order chi connectivity index (χ1) is 12.1. The van der Waals surface area contributed by atoms with Crippen molar-refractivity contribution >= 4 is 39.3 Å². The van der Waals surface area contributed by atoms with Crippen molar-refractivity contribution in [3.63, 3.8) is 0 Å². The molecule has 4 heterocycles. The summed E-state index contributed by atoms with van der Waals surface area (Å²) in [5.74, 6) is 0.166. The second kappa shape index (κ2) is 6.72. The highest BCUT2D eigenvalue weighted by Crippen LogP contribution is 2.26. The number of rotatable bonds is 4. The molecule has 3 aromatic rings. The highest BCUT2D eigenvalue weighted by atomic mass is 32.1. The van der Waals surface area contributed by atoms with Crippen LogP contribution in [-0.4, -0.2) is 39.1 Å². The van der Waals surface area contributed by atoms with E-state index in [2.05, 4.69) is 4.98 Å². The number of piperidine rings is 1. The van der Waals surface area contributed by atoms with Crippen LogP contribution in [0.4, 0.5) is 0 Å². The van der Waals surface area contributed by atoms with Crippen LogP contribution in [0.5, 0.6) is 0 Å². The number of carbonyl (C=O) groups is 2. The molecule has 0 N–H and O–H groups in total. The zero-order chi connectivity index (χ0) is 17.4. The van der Waals surface area contributed by atoms with Gasteiger partial charge in [0.25, 0.3) is 0 Å². The van der Waals surface area contributed by atoms with E-state index >= 15 is 0 Å². The fraction of sp³-hybridized carbons (Fsp3) is 0.389. The number of likely N-dealkylation sites (tertiary alicyclic amines) is 1. The molecule has 7 heteroatoms. The summed E-state index contributed by atoms with van der Waals surface area (Å²) in [5.41, 5.74) is 1.83. The van der Waals surface area contributed by atoms with Crippen molar-refractivity contribution in [1.29, 1.82) is 0 Å². The first-order valence-electron chi connectivity index (χ1n) is 8.39. The topological polar surface area (TPSA) is 54.7 Å². The van der Waals surface area contributed by atoms with E-state index < -0.39 is 0 Å². The molecule has 0 aliphatic carbocycles. The van der Waals surface area contributed by atoms with Gasteiger partial charge >= 0.3 is 0 Å². The molecule has 3 aromatic heterocycles. The van der Waals surface area contributed by atoms with Crippen molar-refractivity contribution in [2.24, 2.45) is 5.92 Å². The second-order valence-corrected chi connectivity index (χ2v) is 8.27. The number of imidazole rings is 1. The molecule has 1 aliphatic rings. The van der Waals surface area contributed by atoms with Gasteiger partial charge in [-0.3, -0.25) is 14.0 Å². The van der Waals surface area contributed by atoms with E-state index in [1.54, 1.807) is 11.3 Å². The lowest BCUT2D eigenvalue weighted by atomic mass is 9.92. The minimum atomic E-state index is -0.0828. The number of aromatic nitrogens is 2. The highest BCUT2D eigenvalue weighted by molar-refractivity contribution is 7.15. The summed E-state index contributed by atoms with van der Waals surface area (Å²) in [5, 5.41) is 3.93. The highest BCUT2D eigenvalue weighted by Gasteiger charge is 2.30. The van der Waals surface area contributed by atoms with E-state index in [0.717, 1.165) is 40.5 Å². The molecule has 0 aromatic carbocycles. The Morgan fingerprint density at radius 2 is 2.20 bits per heavy atom. The van der Waals surface area contributed by atoms with Crippen LogP contribution < -0.4 is 0 Å². The van der Waals surface area contributed by atoms with Gasteiger partial charge in [0.05, 0.1) is 17.0 Å². The minimum absolute atomic E-state index is 0.0613. The third-order valence-corrected chi connectivity index (χ3v) is 6.51. The minimum Gasteiger partial charge on any atom is -0.342 e. The van der Waals surface area contributed by atoms with Crippen LogP contribution in [0.15, 0.2) is 29.2 Å². The zero-order valence-corrected chi connectivity index (χ0v) is 15.6.